The van der Waals surface area contributed by atoms with E-state index in [0.717, 1.165) is 44.9 Å². The molecular weight excluding hydrogens is 879 g/mol. The van der Waals surface area contributed by atoms with Crippen LogP contribution in [-0.2, 0) is 33.2 Å². The van der Waals surface area contributed by atoms with Gasteiger partial charge in [0.25, 0.3) is 0 Å². The van der Waals surface area contributed by atoms with Gasteiger partial charge in [-0.2, -0.15) is 0 Å². The minimum Gasteiger partial charge on any atom is -0.394 e. The largest absolute Gasteiger partial charge is 0.394 e. The van der Waals surface area contributed by atoms with E-state index in [9.17, 15) is 61.0 Å². The van der Waals surface area contributed by atoms with Gasteiger partial charge in [0, 0.05) is 6.42 Å². The average Bonchev–Trinajstić information content (AvgIpc) is 3.32. The summed E-state index contributed by atoms with van der Waals surface area (Å²) in [6, 6.07) is -0.876. The predicted octanol–water partition coefficient (Wildman–Crippen LogP) is 1.70. The highest BCUT2D eigenvalue weighted by atomic mass is 16.8. The number of aliphatic hydroxyl groups excluding tert-OH is 11. The fraction of sp³-hybridized carbons (Fsp3) is 0.979. The quantitative estimate of drug-likeness (QED) is 0.0398. The van der Waals surface area contributed by atoms with Gasteiger partial charge in [-0.05, 0) is 12.8 Å². The third-order valence-electron chi connectivity index (χ3n) is 13.4. The topological polar surface area (TPSA) is 307 Å². The Morgan fingerprint density at radius 3 is 1.30 bits per heavy atom. The Labute approximate surface area is 398 Å². The molecule has 1 amide bonds. The van der Waals surface area contributed by atoms with Crippen LogP contribution < -0.4 is 5.32 Å². The first kappa shape index (κ1) is 60.1. The van der Waals surface area contributed by atoms with Crippen LogP contribution in [0.5, 0.6) is 0 Å². The lowest BCUT2D eigenvalue weighted by molar-refractivity contribution is -0.379. The first-order chi connectivity index (χ1) is 32.3. The van der Waals surface area contributed by atoms with Crippen molar-refractivity contribution in [3.8, 4) is 0 Å². The number of hydrogen-bond donors (Lipinski definition) is 12. The molecule has 3 saturated heterocycles. The number of carbonyl (C=O) groups is 1. The zero-order valence-corrected chi connectivity index (χ0v) is 40.4. The third kappa shape index (κ3) is 20.4. The van der Waals surface area contributed by atoms with E-state index >= 15 is 0 Å². The lowest BCUT2D eigenvalue weighted by atomic mass is 9.96. The Hall–Kier alpha value is -1.21. The summed E-state index contributed by atoms with van der Waals surface area (Å²) in [5.41, 5.74) is 0. The van der Waals surface area contributed by atoms with E-state index in [1.807, 2.05) is 0 Å². The van der Waals surface area contributed by atoms with Crippen molar-refractivity contribution < 1.29 is 89.4 Å². The fourth-order valence-electron chi connectivity index (χ4n) is 9.08. The summed E-state index contributed by atoms with van der Waals surface area (Å²) in [6.07, 6.45) is -0.654. The fourth-order valence-corrected chi connectivity index (χ4v) is 9.08. The third-order valence-corrected chi connectivity index (χ3v) is 13.4. The lowest BCUT2D eigenvalue weighted by Gasteiger charge is -2.48. The summed E-state index contributed by atoms with van der Waals surface area (Å²) >= 11 is 0. The molecule has 19 nitrogen and oxygen atoms in total. The van der Waals surface area contributed by atoms with Crippen molar-refractivity contribution in [2.24, 2.45) is 0 Å². The van der Waals surface area contributed by atoms with Crippen LogP contribution in [0.15, 0.2) is 0 Å². The van der Waals surface area contributed by atoms with Crippen molar-refractivity contribution in [1.29, 1.82) is 0 Å². The SMILES string of the molecule is CCCCCCCCCCCCCCC(O)C(COC1OC(CO)C(OC2OC(CO)C(OC3OC(CO)C(O)C(O)C3O)C(O)C2O)C(O)C1O)NC(=O)CCCCCCCCCCCC. The van der Waals surface area contributed by atoms with E-state index in [-0.39, 0.29) is 18.9 Å². The zero-order valence-electron chi connectivity index (χ0n) is 40.4. The van der Waals surface area contributed by atoms with E-state index in [1.165, 1.54) is 89.9 Å². The molecule has 17 atom stereocenters. The van der Waals surface area contributed by atoms with Crippen molar-refractivity contribution in [2.45, 2.75) is 272 Å². The van der Waals surface area contributed by atoms with Gasteiger partial charge >= 0.3 is 0 Å². The maximum absolute atomic E-state index is 13.2. The number of rotatable bonds is 36. The van der Waals surface area contributed by atoms with Gasteiger partial charge in [0.2, 0.25) is 5.91 Å². The predicted molar refractivity (Wildman–Crippen MR) is 245 cm³/mol. The number of amides is 1. The normalized spacial score (nSPS) is 33.4. The first-order valence-corrected chi connectivity index (χ1v) is 25.8. The standard InChI is InChI=1S/C48H91NO18/c1-3-5-7-9-11-13-15-16-17-19-21-23-25-32(53)31(49-36(54)26-24-22-20-18-14-12-10-8-6-4-2)30-62-46-42(60)39(57)44(34(28-51)64-46)67-48-43(61)40(58)45(35(29-52)65-48)66-47-41(59)38(56)37(55)33(27-50)63-47/h31-35,37-48,50-53,55-61H,3-30H2,1-2H3,(H,49,54). The summed E-state index contributed by atoms with van der Waals surface area (Å²) < 4.78 is 34.1. The van der Waals surface area contributed by atoms with Crippen molar-refractivity contribution in [1.82, 2.24) is 5.32 Å². The molecule has 3 aliphatic rings. The van der Waals surface area contributed by atoms with Gasteiger partial charge in [-0.1, -0.05) is 149 Å². The Kier molecular flexibility index (Phi) is 30.7. The van der Waals surface area contributed by atoms with Crippen LogP contribution in [0.4, 0.5) is 0 Å². The second kappa shape index (κ2) is 34.2. The van der Waals surface area contributed by atoms with Crippen LogP contribution in [0.3, 0.4) is 0 Å². The van der Waals surface area contributed by atoms with Crippen molar-refractivity contribution in [3.05, 3.63) is 0 Å². The Morgan fingerprint density at radius 1 is 0.478 bits per heavy atom. The molecule has 0 radical (unpaired) electrons. The molecular formula is C48H91NO18. The Bertz CT molecular complexity index is 1250. The number of unbranched alkanes of at least 4 members (excludes halogenated alkanes) is 20. The summed E-state index contributed by atoms with van der Waals surface area (Å²) in [4.78, 5) is 13.2. The van der Waals surface area contributed by atoms with Crippen molar-refractivity contribution in [3.63, 3.8) is 0 Å². The van der Waals surface area contributed by atoms with Crippen molar-refractivity contribution >= 4 is 5.91 Å². The van der Waals surface area contributed by atoms with Crippen LogP contribution >= 0.6 is 0 Å². The monoisotopic (exact) mass is 970 g/mol. The minimum absolute atomic E-state index is 0.246. The maximum Gasteiger partial charge on any atom is 0.220 e. The minimum atomic E-state index is -1.97. The van der Waals surface area contributed by atoms with E-state index < -0.39 is 124 Å². The number of ether oxygens (including phenoxy) is 6. The van der Waals surface area contributed by atoms with Gasteiger partial charge < -0.3 is 89.9 Å². The molecule has 19 heteroatoms. The molecule has 12 N–H and O–H groups in total. The smallest absolute Gasteiger partial charge is 0.220 e. The first-order valence-electron chi connectivity index (χ1n) is 25.8. The van der Waals surface area contributed by atoms with E-state index in [4.69, 9.17) is 28.4 Å². The van der Waals surface area contributed by atoms with Gasteiger partial charge in [0.15, 0.2) is 18.9 Å². The molecule has 3 fully saturated rings. The molecule has 0 aromatic heterocycles. The molecule has 396 valence electrons. The number of nitrogens with one attached hydrogen (secondary N) is 1. The van der Waals surface area contributed by atoms with E-state index in [0.29, 0.717) is 12.8 Å². The molecule has 0 aromatic rings. The van der Waals surface area contributed by atoms with Crippen LogP contribution in [0.25, 0.3) is 0 Å². The highest BCUT2D eigenvalue weighted by Crippen LogP contribution is 2.33. The highest BCUT2D eigenvalue weighted by molar-refractivity contribution is 5.76. The van der Waals surface area contributed by atoms with Gasteiger partial charge in [0.05, 0.1) is 38.6 Å². The average molecular weight is 970 g/mol. The Morgan fingerprint density at radius 2 is 0.851 bits per heavy atom. The second-order valence-corrected chi connectivity index (χ2v) is 19.0. The zero-order chi connectivity index (χ0) is 49.1. The number of hydrogen-bond acceptors (Lipinski definition) is 18. The molecule has 0 saturated carbocycles. The molecule has 67 heavy (non-hydrogen) atoms. The van der Waals surface area contributed by atoms with Crippen LogP contribution in [0.1, 0.15) is 168 Å². The summed E-state index contributed by atoms with van der Waals surface area (Å²) in [5.74, 6) is -0.246. The molecule has 3 heterocycles. The molecule has 17 unspecified atom stereocenters. The van der Waals surface area contributed by atoms with Crippen LogP contribution in [0, 0.1) is 0 Å². The molecule has 0 aromatic carbocycles. The molecule has 3 aliphatic heterocycles. The molecule has 3 rings (SSSR count). The summed E-state index contributed by atoms with van der Waals surface area (Å²) in [6.45, 7) is 1.73. The maximum atomic E-state index is 13.2. The summed E-state index contributed by atoms with van der Waals surface area (Å²) in [5, 5.41) is 120. The van der Waals surface area contributed by atoms with E-state index in [1.54, 1.807) is 0 Å². The van der Waals surface area contributed by atoms with Crippen LogP contribution in [0.2, 0.25) is 0 Å². The van der Waals surface area contributed by atoms with Gasteiger partial charge in [0.1, 0.15) is 73.2 Å². The van der Waals surface area contributed by atoms with E-state index in [2.05, 4.69) is 19.2 Å². The number of aliphatic hydroxyl groups is 11. The lowest BCUT2D eigenvalue weighted by Crippen LogP contribution is -2.66. The van der Waals surface area contributed by atoms with Crippen molar-refractivity contribution in [2.75, 3.05) is 26.4 Å². The molecule has 0 spiro atoms. The van der Waals surface area contributed by atoms with Gasteiger partial charge in [-0.25, -0.2) is 0 Å². The highest BCUT2D eigenvalue weighted by Gasteiger charge is 2.53. The number of carbonyl (C=O) groups excluding carboxylic acids is 1. The van der Waals surface area contributed by atoms with Gasteiger partial charge in [-0.15, -0.1) is 0 Å². The van der Waals surface area contributed by atoms with Gasteiger partial charge in [-0.3, -0.25) is 4.79 Å². The molecule has 0 aliphatic carbocycles. The second-order valence-electron chi connectivity index (χ2n) is 19.0. The Balaban J connectivity index is 1.56. The summed E-state index contributed by atoms with van der Waals surface area (Å²) in [7, 11) is 0. The van der Waals surface area contributed by atoms with Crippen LogP contribution in [-0.4, -0.2) is 193 Å². The molecule has 0 bridgehead atoms.